The van der Waals surface area contributed by atoms with Gasteiger partial charge in [-0.3, -0.25) is 14.7 Å². The molecule has 198 valence electrons. The molecule has 1 saturated heterocycles. The van der Waals surface area contributed by atoms with Gasteiger partial charge < -0.3 is 16.4 Å². The van der Waals surface area contributed by atoms with E-state index in [1.165, 1.54) is 0 Å². The van der Waals surface area contributed by atoms with Crippen molar-refractivity contribution in [3.05, 3.63) is 76.5 Å². The third kappa shape index (κ3) is 5.67. The maximum atomic E-state index is 13.5. The topological polar surface area (TPSA) is 95.6 Å². The summed E-state index contributed by atoms with van der Waals surface area (Å²) in [4.78, 5) is 24.2. The fourth-order valence-corrected chi connectivity index (χ4v) is 4.92. The van der Waals surface area contributed by atoms with E-state index in [0.717, 1.165) is 39.1 Å². The van der Waals surface area contributed by atoms with Crippen LogP contribution in [0.15, 0.2) is 70.4 Å². The first-order valence-electron chi connectivity index (χ1n) is 12.8. The van der Waals surface area contributed by atoms with Crippen LogP contribution < -0.4 is 16.4 Å². The van der Waals surface area contributed by atoms with Crippen LogP contribution in [0.5, 0.6) is 0 Å². The number of nitrogens with one attached hydrogen (secondary N) is 2. The highest BCUT2D eigenvalue weighted by atomic mass is 19.3. The number of pyridine rings is 1. The number of halogens is 2. The molecule has 1 amide bonds. The molecule has 3 aliphatic heterocycles. The van der Waals surface area contributed by atoms with E-state index in [4.69, 9.17) is 5.73 Å². The summed E-state index contributed by atoms with van der Waals surface area (Å²) in [5, 5.41) is 6.38. The lowest BCUT2D eigenvalue weighted by Crippen LogP contribution is -2.38. The number of amides is 1. The summed E-state index contributed by atoms with van der Waals surface area (Å²) in [6, 6.07) is 8.02. The number of hydrogen-bond acceptors (Lipinski definition) is 6. The Bertz CT molecular complexity index is 1380. The van der Waals surface area contributed by atoms with E-state index in [1.54, 1.807) is 18.6 Å². The Morgan fingerprint density at radius 1 is 1.13 bits per heavy atom. The smallest absolute Gasteiger partial charge is 0.256 e. The SMILES string of the molecule is CC1=C(N)N=CC(NC(=O)C2=C(C)CNc3ccc(-c4cncc(CN5CCC(F)(F)CC5)c4)cc32)=CC1. The van der Waals surface area contributed by atoms with Gasteiger partial charge in [-0.25, -0.2) is 13.8 Å². The van der Waals surface area contributed by atoms with Crippen molar-refractivity contribution in [2.75, 3.05) is 25.0 Å². The number of alkyl halides is 2. The van der Waals surface area contributed by atoms with Gasteiger partial charge in [0.2, 0.25) is 0 Å². The summed E-state index contributed by atoms with van der Waals surface area (Å²) in [6.45, 7) is 5.75. The standard InChI is InChI=1S/C29H32F2N6O/c1-18-3-5-23(16-35-27(18)32)36-28(38)26-19(2)13-34-25-6-4-21(12-24(25)26)22-11-20(14-33-15-22)17-37-9-7-29(30,31)8-10-37/h4-6,11-12,14-16,34H,3,7-10,13,17,32H2,1-2H3,(H,36,38). The molecule has 0 aliphatic carbocycles. The minimum Gasteiger partial charge on any atom is -0.384 e. The molecule has 4 heterocycles. The maximum Gasteiger partial charge on any atom is 0.256 e. The van der Waals surface area contributed by atoms with Gasteiger partial charge in [0.15, 0.2) is 0 Å². The van der Waals surface area contributed by atoms with Gasteiger partial charge >= 0.3 is 0 Å². The minimum absolute atomic E-state index is 0.110. The third-order valence-corrected chi connectivity index (χ3v) is 7.27. The zero-order valence-electron chi connectivity index (χ0n) is 21.7. The first-order chi connectivity index (χ1) is 18.2. The molecule has 0 radical (unpaired) electrons. The van der Waals surface area contributed by atoms with Crippen LogP contribution in [0.2, 0.25) is 0 Å². The predicted octanol–water partition coefficient (Wildman–Crippen LogP) is 4.84. The van der Waals surface area contributed by atoms with Gasteiger partial charge in [-0.2, -0.15) is 0 Å². The summed E-state index contributed by atoms with van der Waals surface area (Å²) in [5.74, 6) is -2.30. The molecule has 9 heteroatoms. The Morgan fingerprint density at radius 2 is 1.92 bits per heavy atom. The normalized spacial score (nSPS) is 19.4. The van der Waals surface area contributed by atoms with Crippen LogP contribution in [-0.2, 0) is 11.3 Å². The molecule has 1 aromatic heterocycles. The number of piperidine rings is 1. The molecule has 0 saturated carbocycles. The van der Waals surface area contributed by atoms with E-state index in [1.807, 2.05) is 49.1 Å². The Morgan fingerprint density at radius 3 is 2.71 bits per heavy atom. The molecule has 38 heavy (non-hydrogen) atoms. The Balaban J connectivity index is 1.37. The van der Waals surface area contributed by atoms with Crippen LogP contribution >= 0.6 is 0 Å². The van der Waals surface area contributed by atoms with Crippen LogP contribution in [0.3, 0.4) is 0 Å². The number of anilines is 1. The fourth-order valence-electron chi connectivity index (χ4n) is 4.92. The van der Waals surface area contributed by atoms with Crippen molar-refractivity contribution in [2.45, 2.75) is 45.6 Å². The number of rotatable bonds is 5. The van der Waals surface area contributed by atoms with Crippen molar-refractivity contribution in [1.29, 1.82) is 0 Å². The largest absolute Gasteiger partial charge is 0.384 e. The number of hydrogen-bond donors (Lipinski definition) is 3. The second kappa shape index (κ2) is 10.5. The molecular weight excluding hydrogens is 486 g/mol. The number of nitrogens with zero attached hydrogens (tertiary/aromatic N) is 3. The molecule has 4 N–H and O–H groups in total. The molecule has 2 aromatic rings. The summed E-state index contributed by atoms with van der Waals surface area (Å²) in [5.41, 5.74) is 13.5. The fraction of sp³-hybridized carbons (Fsp3) is 0.345. The Kier molecular flexibility index (Phi) is 7.12. The van der Waals surface area contributed by atoms with Crippen LogP contribution in [0.25, 0.3) is 16.7 Å². The number of benzene rings is 1. The lowest BCUT2D eigenvalue weighted by molar-refractivity contribution is -0.114. The molecule has 3 aliphatic rings. The number of nitrogens with two attached hydrogens (primary N) is 1. The van der Waals surface area contributed by atoms with Gasteiger partial charge in [0, 0.05) is 73.8 Å². The van der Waals surface area contributed by atoms with Crippen molar-refractivity contribution >= 4 is 23.4 Å². The van der Waals surface area contributed by atoms with Crippen LogP contribution in [0.1, 0.15) is 44.2 Å². The molecule has 1 aromatic carbocycles. The van der Waals surface area contributed by atoms with Crippen molar-refractivity contribution in [1.82, 2.24) is 15.2 Å². The third-order valence-electron chi connectivity index (χ3n) is 7.27. The van der Waals surface area contributed by atoms with Gasteiger partial charge in [0.25, 0.3) is 11.8 Å². The highest BCUT2D eigenvalue weighted by Crippen LogP contribution is 2.35. The molecule has 0 spiro atoms. The number of fused-ring (bicyclic) bond motifs is 1. The van der Waals surface area contributed by atoms with Crippen molar-refractivity contribution < 1.29 is 13.6 Å². The second-order valence-corrected chi connectivity index (χ2v) is 10.2. The van der Waals surface area contributed by atoms with Crippen LogP contribution in [0.4, 0.5) is 14.5 Å². The molecule has 0 bridgehead atoms. The first kappa shape index (κ1) is 25.8. The Labute approximate surface area is 221 Å². The molecule has 0 atom stereocenters. The molecule has 0 unspecified atom stereocenters. The van der Waals surface area contributed by atoms with Gasteiger partial charge in [-0.15, -0.1) is 0 Å². The van der Waals surface area contributed by atoms with Crippen LogP contribution in [0, 0.1) is 0 Å². The van der Waals surface area contributed by atoms with E-state index < -0.39 is 5.92 Å². The lowest BCUT2D eigenvalue weighted by atomic mass is 9.91. The number of allylic oxidation sites excluding steroid dienone is 3. The van der Waals surface area contributed by atoms with Gasteiger partial charge in [-0.05, 0) is 60.7 Å². The minimum atomic E-state index is -2.56. The second-order valence-electron chi connectivity index (χ2n) is 10.2. The number of aromatic nitrogens is 1. The van der Waals surface area contributed by atoms with Crippen molar-refractivity contribution in [3.8, 4) is 11.1 Å². The average molecular weight is 519 g/mol. The van der Waals surface area contributed by atoms with Gasteiger partial charge in [0.1, 0.15) is 5.82 Å². The highest BCUT2D eigenvalue weighted by Gasteiger charge is 2.33. The van der Waals surface area contributed by atoms with E-state index in [-0.39, 0.29) is 18.7 Å². The summed E-state index contributed by atoms with van der Waals surface area (Å²) in [6.07, 6.45) is 7.45. The van der Waals surface area contributed by atoms with Crippen molar-refractivity contribution in [3.63, 3.8) is 0 Å². The quantitative estimate of drug-likeness (QED) is 0.526. The molecule has 7 nitrogen and oxygen atoms in total. The zero-order valence-corrected chi connectivity index (χ0v) is 21.7. The lowest BCUT2D eigenvalue weighted by Gasteiger charge is -2.31. The van der Waals surface area contributed by atoms with Gasteiger partial charge in [-0.1, -0.05) is 12.1 Å². The zero-order chi connectivity index (χ0) is 26.9. The number of carbonyl (C=O) groups is 1. The number of carbonyl (C=O) groups excluding carboxylic acids is 1. The highest BCUT2D eigenvalue weighted by molar-refractivity contribution is 6.24. The van der Waals surface area contributed by atoms with E-state index >= 15 is 0 Å². The number of likely N-dealkylation sites (tertiary alicyclic amines) is 1. The van der Waals surface area contributed by atoms with Crippen molar-refractivity contribution in [2.24, 2.45) is 10.7 Å². The Hall–Kier alpha value is -3.85. The summed E-state index contributed by atoms with van der Waals surface area (Å²) in [7, 11) is 0. The predicted molar refractivity (Wildman–Crippen MR) is 146 cm³/mol. The van der Waals surface area contributed by atoms with E-state index in [2.05, 4.69) is 20.6 Å². The summed E-state index contributed by atoms with van der Waals surface area (Å²) >= 11 is 0. The van der Waals surface area contributed by atoms with Gasteiger partial charge in [0.05, 0.1) is 11.9 Å². The monoisotopic (exact) mass is 518 g/mol. The van der Waals surface area contributed by atoms with E-state index in [9.17, 15) is 13.6 Å². The summed E-state index contributed by atoms with van der Waals surface area (Å²) < 4.78 is 27.1. The number of aliphatic imine (C=N–C) groups is 1. The first-order valence-corrected chi connectivity index (χ1v) is 12.8. The molecular formula is C29H32F2N6O. The average Bonchev–Trinajstić information content (AvgIpc) is 3.05. The molecule has 5 rings (SSSR count). The van der Waals surface area contributed by atoms with Crippen LogP contribution in [-0.4, -0.2) is 47.6 Å². The maximum absolute atomic E-state index is 13.5. The van der Waals surface area contributed by atoms with E-state index in [0.29, 0.717) is 49.7 Å². The molecule has 1 fully saturated rings.